The van der Waals surface area contributed by atoms with Crippen LogP contribution in [0.2, 0.25) is 0 Å². The fraction of sp³-hybridized carbons (Fsp3) is 0.633. The summed E-state index contributed by atoms with van der Waals surface area (Å²) in [4.78, 5) is 42.4. The van der Waals surface area contributed by atoms with Gasteiger partial charge in [-0.2, -0.15) is 0 Å². The highest BCUT2D eigenvalue weighted by atomic mass is 16.5. The SMILES string of the molecule is C=C[C@]1(C)C[C@@H](N(C(=O)O)C(=O)c2ccc3c(c2)B(O)OC3)[C@]2(C)[C@H](C)CC[C@]3(CC[C@@H](OC)[C@@H]32)[C@@H](C)C1=O. The van der Waals surface area contributed by atoms with E-state index in [4.69, 9.17) is 9.39 Å². The quantitative estimate of drug-likeness (QED) is 0.440. The lowest BCUT2D eigenvalue weighted by molar-refractivity contribution is -0.172. The van der Waals surface area contributed by atoms with Crippen LogP contribution in [0.25, 0.3) is 0 Å². The van der Waals surface area contributed by atoms with E-state index in [9.17, 15) is 24.5 Å². The van der Waals surface area contributed by atoms with Crippen molar-refractivity contribution in [2.45, 2.75) is 78.6 Å². The number of hydrogen-bond acceptors (Lipinski definition) is 6. The summed E-state index contributed by atoms with van der Waals surface area (Å²) in [6, 6.07) is 4.01. The first-order valence-electron chi connectivity index (χ1n) is 14.1. The first-order valence-corrected chi connectivity index (χ1v) is 14.1. The molecule has 3 saturated carbocycles. The number of allylic oxidation sites excluding steroid dienone is 1. The number of hydrogen-bond donors (Lipinski definition) is 2. The zero-order chi connectivity index (χ0) is 28.5. The van der Waals surface area contributed by atoms with Gasteiger partial charge >= 0.3 is 13.2 Å². The monoisotopic (exact) mass is 537 g/mol. The Balaban J connectivity index is 1.71. The number of fused-ring (bicyclic) bond motifs is 1. The van der Waals surface area contributed by atoms with Gasteiger partial charge in [0, 0.05) is 24.0 Å². The van der Waals surface area contributed by atoms with Crippen LogP contribution in [0, 0.1) is 34.0 Å². The Morgan fingerprint density at radius 3 is 2.56 bits per heavy atom. The lowest BCUT2D eigenvalue weighted by Gasteiger charge is -2.63. The molecule has 210 valence electrons. The first-order chi connectivity index (χ1) is 18.4. The Bertz CT molecular complexity index is 1220. The van der Waals surface area contributed by atoms with Crippen molar-refractivity contribution in [1.29, 1.82) is 0 Å². The van der Waals surface area contributed by atoms with Crippen molar-refractivity contribution < 1.29 is 33.9 Å². The number of amides is 2. The van der Waals surface area contributed by atoms with Crippen LogP contribution in [0.15, 0.2) is 30.9 Å². The second-order valence-electron chi connectivity index (χ2n) is 12.8. The molecule has 1 heterocycles. The highest BCUT2D eigenvalue weighted by Crippen LogP contribution is 2.69. The molecule has 39 heavy (non-hydrogen) atoms. The third kappa shape index (κ3) is 3.87. The summed E-state index contributed by atoms with van der Waals surface area (Å²) in [5, 5.41) is 20.9. The van der Waals surface area contributed by atoms with Crippen LogP contribution in [0.5, 0.6) is 0 Å². The van der Waals surface area contributed by atoms with E-state index in [0.717, 1.165) is 36.1 Å². The molecule has 0 aromatic heterocycles. The average Bonchev–Trinajstić information content (AvgIpc) is 3.50. The van der Waals surface area contributed by atoms with Crippen molar-refractivity contribution in [3.05, 3.63) is 42.0 Å². The highest BCUT2D eigenvalue weighted by molar-refractivity contribution is 6.61. The van der Waals surface area contributed by atoms with Gasteiger partial charge in [0.05, 0.1) is 18.8 Å². The summed E-state index contributed by atoms with van der Waals surface area (Å²) in [7, 11) is 0.535. The summed E-state index contributed by atoms with van der Waals surface area (Å²) < 4.78 is 11.3. The molecule has 0 unspecified atom stereocenters. The van der Waals surface area contributed by atoms with Gasteiger partial charge in [0.1, 0.15) is 5.78 Å². The van der Waals surface area contributed by atoms with Crippen molar-refractivity contribution in [3.63, 3.8) is 0 Å². The van der Waals surface area contributed by atoms with Gasteiger partial charge in [0.25, 0.3) is 5.91 Å². The normalized spacial score (nSPS) is 39.4. The molecule has 3 fully saturated rings. The summed E-state index contributed by atoms with van der Waals surface area (Å²) >= 11 is 0. The summed E-state index contributed by atoms with van der Waals surface area (Å²) in [6.45, 7) is 12.4. The minimum absolute atomic E-state index is 0.0523. The van der Waals surface area contributed by atoms with E-state index < -0.39 is 36.0 Å². The molecule has 8 nitrogen and oxygen atoms in total. The molecular weight excluding hydrogens is 497 g/mol. The van der Waals surface area contributed by atoms with Gasteiger partial charge in [-0.3, -0.25) is 9.59 Å². The molecule has 2 amide bonds. The molecule has 5 rings (SSSR count). The second-order valence-corrected chi connectivity index (χ2v) is 12.8. The summed E-state index contributed by atoms with van der Waals surface area (Å²) in [6.07, 6.45) is 3.64. The first kappa shape index (κ1) is 28.1. The van der Waals surface area contributed by atoms with Crippen LogP contribution in [0.3, 0.4) is 0 Å². The number of nitrogens with zero attached hydrogens (tertiary/aromatic N) is 1. The maximum absolute atomic E-state index is 14.2. The van der Waals surface area contributed by atoms with E-state index in [-0.39, 0.29) is 53.6 Å². The number of carbonyl (C=O) groups is 3. The predicted octanol–water partition coefficient (Wildman–Crippen LogP) is 4.04. The van der Waals surface area contributed by atoms with Gasteiger partial charge in [0.2, 0.25) is 0 Å². The number of carboxylic acid groups (broad SMARTS) is 1. The van der Waals surface area contributed by atoms with E-state index in [2.05, 4.69) is 20.4 Å². The fourth-order valence-electron chi connectivity index (χ4n) is 8.88. The third-order valence-corrected chi connectivity index (χ3v) is 11.4. The van der Waals surface area contributed by atoms with Crippen LogP contribution < -0.4 is 5.46 Å². The molecule has 3 aliphatic carbocycles. The van der Waals surface area contributed by atoms with Crippen LogP contribution >= 0.6 is 0 Å². The molecule has 0 saturated heterocycles. The van der Waals surface area contributed by atoms with Gasteiger partial charge in [-0.1, -0.05) is 32.9 Å². The van der Waals surface area contributed by atoms with Gasteiger partial charge < -0.3 is 19.5 Å². The van der Waals surface area contributed by atoms with Crippen LogP contribution in [-0.2, 0) is 20.8 Å². The average molecular weight is 537 g/mol. The minimum atomic E-state index is -1.36. The Morgan fingerprint density at radius 2 is 1.92 bits per heavy atom. The number of ketones is 1. The molecule has 1 aliphatic heterocycles. The number of imide groups is 1. The van der Waals surface area contributed by atoms with Crippen LogP contribution in [-0.4, -0.2) is 59.2 Å². The third-order valence-electron chi connectivity index (χ3n) is 11.4. The standard InChI is InChI=1S/C30H40BNO7/c1-7-28(4)15-23(32(27(35)36)26(34)19-8-9-20-16-39-31(37)21(20)14-19)29(5)17(2)10-12-30(18(3)25(28)33)13-11-22(38-6)24(29)30/h7-9,14,17-18,22-24,37H,1,10-13,15-16H2,2-6H3,(H,35,36)/t17-,18+,22-,23-,24-,28-,29+,30+/m1/s1. The van der Waals surface area contributed by atoms with Crippen molar-refractivity contribution in [2.24, 2.45) is 34.0 Å². The molecular formula is C30H40BNO7. The van der Waals surface area contributed by atoms with Crippen LogP contribution in [0.4, 0.5) is 4.79 Å². The maximum Gasteiger partial charge on any atom is 0.491 e. The zero-order valence-electron chi connectivity index (χ0n) is 23.6. The number of ether oxygens (including phenoxy) is 1. The molecule has 4 aliphatic rings. The lowest BCUT2D eigenvalue weighted by Crippen LogP contribution is -2.66. The van der Waals surface area contributed by atoms with Crippen molar-refractivity contribution >= 4 is 30.4 Å². The van der Waals surface area contributed by atoms with E-state index in [1.807, 2.05) is 13.8 Å². The predicted molar refractivity (Wildman–Crippen MR) is 146 cm³/mol. The summed E-state index contributed by atoms with van der Waals surface area (Å²) in [5.74, 6) is -0.877. The van der Waals surface area contributed by atoms with Crippen molar-refractivity contribution in [3.8, 4) is 0 Å². The lowest BCUT2D eigenvalue weighted by atomic mass is 9.43. The Hall–Kier alpha value is -2.49. The topological polar surface area (TPSA) is 113 Å². The van der Waals surface area contributed by atoms with E-state index >= 15 is 0 Å². The number of rotatable bonds is 4. The van der Waals surface area contributed by atoms with E-state index in [1.54, 1.807) is 25.3 Å². The number of benzene rings is 1. The van der Waals surface area contributed by atoms with Gasteiger partial charge in [-0.25, -0.2) is 9.69 Å². The molecule has 9 heteroatoms. The fourth-order valence-corrected chi connectivity index (χ4v) is 8.88. The molecule has 1 aromatic rings. The van der Waals surface area contributed by atoms with Gasteiger partial charge in [-0.15, -0.1) is 6.58 Å². The highest BCUT2D eigenvalue weighted by Gasteiger charge is 2.69. The summed E-state index contributed by atoms with van der Waals surface area (Å²) in [5.41, 5.74) is -0.614. The van der Waals surface area contributed by atoms with Crippen molar-refractivity contribution in [2.75, 3.05) is 7.11 Å². The van der Waals surface area contributed by atoms with E-state index in [0.29, 0.717) is 5.46 Å². The number of Topliss-reactive ketones (excluding diaryl/α,β-unsaturated/α-hetero) is 1. The smallest absolute Gasteiger partial charge is 0.465 e. The molecule has 2 N–H and O–H groups in total. The number of carbonyl (C=O) groups excluding carboxylic acids is 2. The minimum Gasteiger partial charge on any atom is -0.465 e. The zero-order valence-corrected chi connectivity index (χ0v) is 23.6. The van der Waals surface area contributed by atoms with Crippen LogP contribution in [0.1, 0.15) is 75.7 Å². The molecule has 8 atom stereocenters. The maximum atomic E-state index is 14.2. The molecule has 0 radical (unpaired) electrons. The Morgan fingerprint density at radius 1 is 1.23 bits per heavy atom. The van der Waals surface area contributed by atoms with Gasteiger partial charge in [-0.05, 0) is 84.9 Å². The molecule has 1 aromatic carbocycles. The van der Waals surface area contributed by atoms with E-state index in [1.165, 1.54) is 6.07 Å². The second kappa shape index (κ2) is 9.56. The largest absolute Gasteiger partial charge is 0.491 e. The Kier molecular flexibility index (Phi) is 6.88. The molecule has 2 bridgehead atoms. The van der Waals surface area contributed by atoms with Gasteiger partial charge in [0.15, 0.2) is 0 Å². The van der Waals surface area contributed by atoms with Crippen molar-refractivity contribution in [1.82, 2.24) is 4.90 Å². The number of methoxy groups -OCH3 is 1. The Labute approximate surface area is 230 Å². The molecule has 0 spiro atoms.